The Labute approximate surface area is 174 Å². The molecule has 2 N–H and O–H groups in total. The summed E-state index contributed by atoms with van der Waals surface area (Å²) in [5.41, 5.74) is 2.11. The van der Waals surface area contributed by atoms with E-state index < -0.39 is 0 Å². The van der Waals surface area contributed by atoms with Gasteiger partial charge < -0.3 is 15.5 Å². The molecule has 1 saturated carbocycles. The van der Waals surface area contributed by atoms with Crippen molar-refractivity contribution >= 4 is 23.1 Å². The van der Waals surface area contributed by atoms with Crippen molar-refractivity contribution in [2.75, 3.05) is 25.0 Å². The molecule has 9 heteroatoms. The van der Waals surface area contributed by atoms with Crippen molar-refractivity contribution in [1.82, 2.24) is 30.2 Å². The Bertz CT molecular complexity index is 1010. The van der Waals surface area contributed by atoms with E-state index in [-0.39, 0.29) is 17.9 Å². The van der Waals surface area contributed by atoms with Crippen molar-refractivity contribution in [1.29, 1.82) is 0 Å². The van der Waals surface area contributed by atoms with Crippen LogP contribution in [0.15, 0.2) is 49.1 Å². The molecule has 0 saturated heterocycles. The Morgan fingerprint density at radius 2 is 2.00 bits per heavy atom. The lowest BCUT2D eigenvalue weighted by Crippen LogP contribution is -2.48. The molecule has 1 fully saturated rings. The second-order valence-electron chi connectivity index (χ2n) is 7.63. The van der Waals surface area contributed by atoms with Crippen molar-refractivity contribution in [3.63, 3.8) is 0 Å². The Kier molecular flexibility index (Phi) is 5.87. The molecular formula is C21H25N7O2. The number of imidazole rings is 1. The zero-order valence-electron chi connectivity index (χ0n) is 16.9. The van der Waals surface area contributed by atoms with Crippen LogP contribution in [-0.4, -0.2) is 57.6 Å². The molecule has 0 aromatic carbocycles. The number of aromatic nitrogens is 4. The molecule has 0 radical (unpaired) electrons. The summed E-state index contributed by atoms with van der Waals surface area (Å²) < 4.78 is 1.54. The molecule has 4 rings (SSSR count). The summed E-state index contributed by atoms with van der Waals surface area (Å²) in [6.07, 6.45) is 8.79. The summed E-state index contributed by atoms with van der Waals surface area (Å²) in [6, 6.07) is 7.55. The summed E-state index contributed by atoms with van der Waals surface area (Å²) in [4.78, 5) is 34.8. The molecule has 3 aromatic heterocycles. The highest BCUT2D eigenvalue weighted by atomic mass is 16.2. The first-order chi connectivity index (χ1) is 14.6. The Hall–Kier alpha value is -3.49. The number of anilines is 1. The highest BCUT2D eigenvalue weighted by Gasteiger charge is 2.31. The van der Waals surface area contributed by atoms with Crippen LogP contribution in [0, 0.1) is 5.92 Å². The molecule has 0 unspecified atom stereocenters. The maximum atomic E-state index is 12.5. The largest absolute Gasteiger partial charge is 0.374 e. The number of nitrogens with one attached hydrogen (secondary N) is 2. The molecule has 0 bridgehead atoms. The van der Waals surface area contributed by atoms with Crippen LogP contribution in [0.1, 0.15) is 29.8 Å². The van der Waals surface area contributed by atoms with Gasteiger partial charge in [-0.15, -0.1) is 0 Å². The summed E-state index contributed by atoms with van der Waals surface area (Å²) in [6.45, 7) is 1.29. The minimum atomic E-state index is -0.173. The van der Waals surface area contributed by atoms with Gasteiger partial charge in [-0.05, 0) is 43.0 Å². The molecule has 2 amide bonds. The Balaban J connectivity index is 1.15. The molecule has 0 aliphatic heterocycles. The van der Waals surface area contributed by atoms with E-state index in [2.05, 4.69) is 25.7 Å². The number of carbonyl (C=O) groups excluding carboxylic acids is 2. The number of hydrogen-bond acceptors (Lipinski definition) is 6. The summed E-state index contributed by atoms with van der Waals surface area (Å²) in [7, 11) is 1.96. The average Bonchev–Trinajstić information content (AvgIpc) is 3.18. The van der Waals surface area contributed by atoms with Crippen molar-refractivity contribution in [2.45, 2.75) is 25.3 Å². The third-order valence-electron chi connectivity index (χ3n) is 5.45. The standard InChI is InChI=1S/C21H25N7O2/c1-27(17-4-8-22-9-5-17)10-6-20(29)24-13-15-11-16(12-15)26-21(30)18-14-23-19-3-2-7-25-28(18)19/h2-5,7-9,14-16H,6,10-13H2,1H3,(H,24,29)(H,26,30). The molecule has 0 atom stereocenters. The van der Waals surface area contributed by atoms with E-state index in [1.807, 2.05) is 24.1 Å². The fourth-order valence-electron chi connectivity index (χ4n) is 3.61. The van der Waals surface area contributed by atoms with Crippen molar-refractivity contribution in [3.05, 3.63) is 54.7 Å². The summed E-state index contributed by atoms with van der Waals surface area (Å²) in [5, 5.41) is 10.2. The molecule has 0 spiro atoms. The minimum Gasteiger partial charge on any atom is -0.374 e. The smallest absolute Gasteiger partial charge is 0.271 e. The maximum Gasteiger partial charge on any atom is 0.271 e. The number of pyridine rings is 1. The van der Waals surface area contributed by atoms with Crippen molar-refractivity contribution in [2.24, 2.45) is 5.92 Å². The molecule has 1 aliphatic rings. The first-order valence-corrected chi connectivity index (χ1v) is 10.1. The number of hydrogen-bond donors (Lipinski definition) is 2. The topological polar surface area (TPSA) is 105 Å². The van der Waals surface area contributed by atoms with Crippen LogP contribution in [0.2, 0.25) is 0 Å². The number of carbonyl (C=O) groups is 2. The van der Waals surface area contributed by atoms with Crippen LogP contribution in [-0.2, 0) is 4.79 Å². The van der Waals surface area contributed by atoms with E-state index in [1.165, 1.54) is 10.7 Å². The molecule has 3 heterocycles. The average molecular weight is 407 g/mol. The van der Waals surface area contributed by atoms with Crippen LogP contribution in [0.4, 0.5) is 5.69 Å². The second-order valence-corrected chi connectivity index (χ2v) is 7.63. The normalized spacial score (nSPS) is 17.9. The SMILES string of the molecule is CN(CCC(=O)NCC1CC(NC(=O)c2cnc3cccnn23)C1)c1ccncc1. The predicted molar refractivity (Wildman–Crippen MR) is 112 cm³/mol. The molecule has 1 aliphatic carbocycles. The second kappa shape index (κ2) is 8.89. The lowest BCUT2D eigenvalue weighted by Gasteiger charge is -2.35. The van der Waals surface area contributed by atoms with E-state index >= 15 is 0 Å². The summed E-state index contributed by atoms with van der Waals surface area (Å²) >= 11 is 0. The van der Waals surface area contributed by atoms with Gasteiger partial charge in [0.2, 0.25) is 5.91 Å². The Morgan fingerprint density at radius 1 is 1.20 bits per heavy atom. The van der Waals surface area contributed by atoms with Gasteiger partial charge in [0.15, 0.2) is 5.65 Å². The third kappa shape index (κ3) is 4.56. The van der Waals surface area contributed by atoms with Gasteiger partial charge in [0.1, 0.15) is 5.69 Å². The lowest BCUT2D eigenvalue weighted by atomic mass is 9.80. The van der Waals surface area contributed by atoms with Gasteiger partial charge >= 0.3 is 0 Å². The predicted octanol–water partition coefficient (Wildman–Crippen LogP) is 1.28. The van der Waals surface area contributed by atoms with Crippen LogP contribution < -0.4 is 15.5 Å². The van der Waals surface area contributed by atoms with Gasteiger partial charge in [0.05, 0.1) is 6.20 Å². The quantitative estimate of drug-likeness (QED) is 0.583. The number of nitrogens with zero attached hydrogens (tertiary/aromatic N) is 5. The van der Waals surface area contributed by atoms with Gasteiger partial charge in [0, 0.05) is 56.9 Å². The number of rotatable bonds is 8. The highest BCUT2D eigenvalue weighted by Crippen LogP contribution is 2.27. The Morgan fingerprint density at radius 3 is 2.80 bits per heavy atom. The van der Waals surface area contributed by atoms with E-state index in [1.54, 1.807) is 30.7 Å². The third-order valence-corrected chi connectivity index (χ3v) is 5.45. The van der Waals surface area contributed by atoms with Crippen molar-refractivity contribution < 1.29 is 9.59 Å². The zero-order chi connectivity index (χ0) is 20.9. The van der Waals surface area contributed by atoms with Crippen molar-refractivity contribution in [3.8, 4) is 0 Å². The van der Waals surface area contributed by atoms with Crippen LogP contribution in [0.3, 0.4) is 0 Å². The number of amides is 2. The number of fused-ring (bicyclic) bond motifs is 1. The van der Waals surface area contributed by atoms with Gasteiger partial charge in [-0.3, -0.25) is 14.6 Å². The monoisotopic (exact) mass is 407 g/mol. The first-order valence-electron chi connectivity index (χ1n) is 10.1. The maximum absolute atomic E-state index is 12.5. The van der Waals surface area contributed by atoms with E-state index in [0.29, 0.717) is 36.8 Å². The molecule has 156 valence electrons. The molecular weight excluding hydrogens is 382 g/mol. The fraction of sp³-hybridized carbons (Fsp3) is 0.381. The van der Waals surface area contributed by atoms with Crippen LogP contribution >= 0.6 is 0 Å². The van der Waals surface area contributed by atoms with Crippen LogP contribution in [0.5, 0.6) is 0 Å². The first kappa shape index (κ1) is 19.8. The van der Waals surface area contributed by atoms with E-state index in [9.17, 15) is 9.59 Å². The van der Waals surface area contributed by atoms with Gasteiger partial charge in [0.25, 0.3) is 5.91 Å². The van der Waals surface area contributed by atoms with Crippen LogP contribution in [0.25, 0.3) is 5.65 Å². The summed E-state index contributed by atoms with van der Waals surface area (Å²) in [5.74, 6) is 0.255. The zero-order valence-corrected chi connectivity index (χ0v) is 16.9. The van der Waals surface area contributed by atoms with Gasteiger partial charge in [-0.25, -0.2) is 9.50 Å². The van der Waals surface area contributed by atoms with Gasteiger partial charge in [-0.2, -0.15) is 5.10 Å². The van der Waals surface area contributed by atoms with E-state index in [0.717, 1.165) is 18.5 Å². The van der Waals surface area contributed by atoms with Gasteiger partial charge in [-0.1, -0.05) is 0 Å². The molecule has 30 heavy (non-hydrogen) atoms. The van der Waals surface area contributed by atoms with E-state index in [4.69, 9.17) is 0 Å². The fourth-order valence-corrected chi connectivity index (χ4v) is 3.61. The minimum absolute atomic E-state index is 0.0418. The lowest BCUT2D eigenvalue weighted by molar-refractivity contribution is -0.121. The highest BCUT2D eigenvalue weighted by molar-refractivity contribution is 5.93. The molecule has 9 nitrogen and oxygen atoms in total. The molecule has 3 aromatic rings.